The molecule has 0 spiro atoms. The topological polar surface area (TPSA) is 73.0 Å². The molecule has 7 heteroatoms. The van der Waals surface area contributed by atoms with Gasteiger partial charge in [0.15, 0.2) is 0 Å². The van der Waals surface area contributed by atoms with E-state index in [1.807, 2.05) is 36.4 Å². The van der Waals surface area contributed by atoms with Crippen molar-refractivity contribution < 1.29 is 0 Å². The second-order valence-electron chi connectivity index (χ2n) is 5.05. The predicted molar refractivity (Wildman–Crippen MR) is 91.1 cm³/mol. The van der Waals surface area contributed by atoms with Crippen molar-refractivity contribution in [2.75, 3.05) is 0 Å². The molecule has 0 amide bonds. The van der Waals surface area contributed by atoms with E-state index in [2.05, 4.69) is 18.8 Å². The van der Waals surface area contributed by atoms with Gasteiger partial charge >= 0.3 is 0 Å². The van der Waals surface area contributed by atoms with Crippen molar-refractivity contribution in [3.05, 3.63) is 64.2 Å². The van der Waals surface area contributed by atoms with Crippen molar-refractivity contribution in [1.29, 1.82) is 0 Å². The van der Waals surface area contributed by atoms with Crippen molar-refractivity contribution in [3.63, 3.8) is 0 Å². The Morgan fingerprint density at radius 3 is 2.83 bits per heavy atom. The first-order valence-electron chi connectivity index (χ1n) is 6.97. The van der Waals surface area contributed by atoms with Crippen molar-refractivity contribution >= 4 is 39.9 Å². The van der Waals surface area contributed by atoms with E-state index in [1.165, 1.54) is 16.4 Å². The molecule has 0 radical (unpaired) electrons. The zero-order valence-electron chi connectivity index (χ0n) is 12.2. The van der Waals surface area contributed by atoms with Gasteiger partial charge in [-0.1, -0.05) is 18.2 Å². The monoisotopic (exact) mass is 321 g/mol. The fraction of sp³-hybridized carbons (Fsp3) is 0.0625. The normalized spacial score (nSPS) is 11.7. The molecule has 0 N–H and O–H groups in total. The highest BCUT2D eigenvalue weighted by Crippen LogP contribution is 2.12. The summed E-state index contributed by atoms with van der Waals surface area (Å²) >= 11 is 1.17. The Labute approximate surface area is 135 Å². The van der Waals surface area contributed by atoms with Gasteiger partial charge in [0.2, 0.25) is 0 Å². The van der Waals surface area contributed by atoms with E-state index in [4.69, 9.17) is 0 Å². The van der Waals surface area contributed by atoms with Gasteiger partial charge in [0.05, 0.1) is 28.8 Å². The van der Waals surface area contributed by atoms with Gasteiger partial charge in [-0.3, -0.25) is 4.79 Å². The van der Waals surface area contributed by atoms with Crippen LogP contribution in [0.15, 0.2) is 52.4 Å². The maximum absolute atomic E-state index is 12.5. The molecule has 0 bridgehead atoms. The van der Waals surface area contributed by atoms with E-state index >= 15 is 0 Å². The van der Waals surface area contributed by atoms with Crippen LogP contribution in [-0.2, 0) is 0 Å². The van der Waals surface area contributed by atoms with Crippen LogP contribution in [0.25, 0.3) is 21.9 Å². The zero-order chi connectivity index (χ0) is 15.8. The average Bonchev–Trinajstić information content (AvgIpc) is 3.02. The highest BCUT2D eigenvalue weighted by Gasteiger charge is 2.06. The van der Waals surface area contributed by atoms with E-state index in [-0.39, 0.29) is 5.56 Å². The molecule has 0 aliphatic rings. The summed E-state index contributed by atoms with van der Waals surface area (Å²) in [6, 6.07) is 12.9. The summed E-state index contributed by atoms with van der Waals surface area (Å²) in [6.07, 6.45) is 1.63. The summed E-state index contributed by atoms with van der Waals surface area (Å²) in [6.45, 7) is 1.76. The molecule has 0 saturated heterocycles. The molecule has 0 atom stereocenters. The summed E-state index contributed by atoms with van der Waals surface area (Å²) in [4.78, 5) is 16.9. The number of hydrogen-bond donors (Lipinski definition) is 0. The number of rotatable bonds is 2. The Kier molecular flexibility index (Phi) is 3.20. The summed E-state index contributed by atoms with van der Waals surface area (Å²) in [7, 11) is 0. The number of fused-ring (bicyclic) bond motifs is 2. The standard InChI is InChI=1S/C16H11N5OS/c1-10-18-13-5-3-2-4-12(13)16(22)21(10)17-9-11-6-7-14-15(8-11)20-23-19-14/h2-9H,1H3. The van der Waals surface area contributed by atoms with Crippen molar-refractivity contribution in [2.45, 2.75) is 6.92 Å². The molecule has 0 aliphatic carbocycles. The van der Waals surface area contributed by atoms with Crippen LogP contribution in [0.5, 0.6) is 0 Å². The number of aromatic nitrogens is 4. The number of benzene rings is 2. The van der Waals surface area contributed by atoms with Crippen molar-refractivity contribution in [1.82, 2.24) is 18.4 Å². The van der Waals surface area contributed by atoms with E-state index in [0.717, 1.165) is 16.6 Å². The Balaban J connectivity index is 1.81. The lowest BCUT2D eigenvalue weighted by atomic mass is 10.2. The summed E-state index contributed by atoms with van der Waals surface area (Å²) in [5, 5.41) is 4.84. The molecule has 4 aromatic rings. The number of para-hydroxylation sites is 1. The van der Waals surface area contributed by atoms with E-state index in [0.29, 0.717) is 16.7 Å². The minimum Gasteiger partial charge on any atom is -0.267 e. The van der Waals surface area contributed by atoms with Gasteiger partial charge in [-0.15, -0.1) is 0 Å². The molecular formula is C16H11N5OS. The third-order valence-electron chi connectivity index (χ3n) is 3.52. The quantitative estimate of drug-likeness (QED) is 0.532. The third kappa shape index (κ3) is 2.40. The first-order chi connectivity index (χ1) is 11.2. The van der Waals surface area contributed by atoms with Crippen LogP contribution < -0.4 is 5.56 Å². The first-order valence-corrected chi connectivity index (χ1v) is 7.70. The number of nitrogens with zero attached hydrogens (tertiary/aromatic N) is 5. The molecular weight excluding hydrogens is 310 g/mol. The van der Waals surface area contributed by atoms with E-state index in [1.54, 1.807) is 19.2 Å². The second kappa shape index (κ2) is 5.36. The highest BCUT2D eigenvalue weighted by molar-refractivity contribution is 7.00. The molecule has 0 saturated carbocycles. The Bertz CT molecular complexity index is 1110. The van der Waals surface area contributed by atoms with Gasteiger partial charge in [-0.05, 0) is 36.8 Å². The summed E-state index contributed by atoms with van der Waals surface area (Å²) in [5.41, 5.74) is 3.02. The molecule has 2 aromatic heterocycles. The second-order valence-corrected chi connectivity index (χ2v) is 5.58. The van der Waals surface area contributed by atoms with Crippen LogP contribution in [-0.4, -0.2) is 24.6 Å². The van der Waals surface area contributed by atoms with Crippen LogP contribution in [0.2, 0.25) is 0 Å². The number of aryl methyl sites for hydroxylation is 1. The maximum Gasteiger partial charge on any atom is 0.282 e. The van der Waals surface area contributed by atoms with Gasteiger partial charge < -0.3 is 0 Å². The van der Waals surface area contributed by atoms with Gasteiger partial charge in [-0.25, -0.2) is 4.98 Å². The lowest BCUT2D eigenvalue weighted by molar-refractivity contribution is 0.771. The molecule has 0 fully saturated rings. The van der Waals surface area contributed by atoms with Crippen LogP contribution >= 0.6 is 11.7 Å². The lowest BCUT2D eigenvalue weighted by Crippen LogP contribution is -2.20. The molecule has 0 unspecified atom stereocenters. The summed E-state index contributed by atoms with van der Waals surface area (Å²) in [5.74, 6) is 0.543. The number of hydrogen-bond acceptors (Lipinski definition) is 6. The maximum atomic E-state index is 12.5. The minimum atomic E-state index is -0.180. The van der Waals surface area contributed by atoms with E-state index < -0.39 is 0 Å². The molecule has 6 nitrogen and oxygen atoms in total. The van der Waals surface area contributed by atoms with Crippen LogP contribution in [0, 0.1) is 6.92 Å². The van der Waals surface area contributed by atoms with Gasteiger partial charge in [0.1, 0.15) is 16.9 Å². The molecule has 23 heavy (non-hydrogen) atoms. The van der Waals surface area contributed by atoms with E-state index in [9.17, 15) is 4.79 Å². The highest BCUT2D eigenvalue weighted by atomic mass is 32.1. The zero-order valence-corrected chi connectivity index (χ0v) is 13.0. The predicted octanol–water partition coefficient (Wildman–Crippen LogP) is 2.59. The Morgan fingerprint density at radius 1 is 1.09 bits per heavy atom. The SMILES string of the molecule is Cc1nc2ccccc2c(=O)n1N=Cc1ccc2nsnc2c1. The van der Waals surface area contributed by atoms with Crippen LogP contribution in [0.4, 0.5) is 0 Å². The fourth-order valence-electron chi connectivity index (χ4n) is 2.37. The summed E-state index contributed by atoms with van der Waals surface area (Å²) < 4.78 is 9.67. The fourth-order valence-corrected chi connectivity index (χ4v) is 2.89. The first kappa shape index (κ1) is 13.7. The Hall–Kier alpha value is -2.93. The molecule has 2 heterocycles. The third-order valence-corrected chi connectivity index (χ3v) is 4.07. The van der Waals surface area contributed by atoms with Crippen molar-refractivity contribution in [2.24, 2.45) is 5.10 Å². The largest absolute Gasteiger partial charge is 0.282 e. The van der Waals surface area contributed by atoms with Crippen LogP contribution in [0.1, 0.15) is 11.4 Å². The smallest absolute Gasteiger partial charge is 0.267 e. The molecule has 4 rings (SSSR count). The molecule has 2 aromatic carbocycles. The van der Waals surface area contributed by atoms with Crippen LogP contribution in [0.3, 0.4) is 0 Å². The van der Waals surface area contributed by atoms with Gasteiger partial charge in [0.25, 0.3) is 5.56 Å². The molecule has 0 aliphatic heterocycles. The average molecular weight is 321 g/mol. The minimum absolute atomic E-state index is 0.180. The Morgan fingerprint density at radius 2 is 1.91 bits per heavy atom. The van der Waals surface area contributed by atoms with Gasteiger partial charge in [0, 0.05) is 0 Å². The molecule has 112 valence electrons. The van der Waals surface area contributed by atoms with Crippen molar-refractivity contribution in [3.8, 4) is 0 Å². The lowest BCUT2D eigenvalue weighted by Gasteiger charge is -2.04. The van der Waals surface area contributed by atoms with Gasteiger partial charge in [-0.2, -0.15) is 18.5 Å².